The van der Waals surface area contributed by atoms with Crippen molar-refractivity contribution in [2.45, 2.75) is 32.1 Å². The van der Waals surface area contributed by atoms with Crippen LogP contribution >= 0.6 is 0 Å². The first-order chi connectivity index (χ1) is 13.7. The van der Waals surface area contributed by atoms with E-state index in [9.17, 15) is 4.79 Å². The number of carbonyl (C=O) groups excluding carboxylic acids is 1. The summed E-state index contributed by atoms with van der Waals surface area (Å²) in [5.74, 6) is -0.696. The highest BCUT2D eigenvalue weighted by molar-refractivity contribution is 5.91. The largest absolute Gasteiger partial charge is 0.468 e. The topological polar surface area (TPSA) is 114 Å². The number of benzene rings is 1. The molecule has 3 aromatic rings. The second-order valence-electron chi connectivity index (χ2n) is 6.46. The predicted molar refractivity (Wildman–Crippen MR) is 101 cm³/mol. The maximum atomic E-state index is 12.5. The van der Waals surface area contributed by atoms with E-state index in [1.54, 1.807) is 4.57 Å². The van der Waals surface area contributed by atoms with Gasteiger partial charge < -0.3 is 19.9 Å². The van der Waals surface area contributed by atoms with Crippen LogP contribution in [0.15, 0.2) is 30.3 Å². The minimum absolute atomic E-state index is 0.0875. The molecule has 1 fully saturated rings. The Kier molecular flexibility index (Phi) is 5.07. The van der Waals surface area contributed by atoms with Gasteiger partial charge in [0.2, 0.25) is 5.82 Å². The highest BCUT2D eigenvalue weighted by atomic mass is 16.5. The number of anilines is 1. The van der Waals surface area contributed by atoms with Gasteiger partial charge in [0.25, 0.3) is 0 Å². The molecule has 0 amide bonds. The highest BCUT2D eigenvalue weighted by Gasteiger charge is 2.27. The number of carbonyl (C=O) groups is 1. The van der Waals surface area contributed by atoms with Crippen LogP contribution < -0.4 is 10.5 Å². The second-order valence-corrected chi connectivity index (χ2v) is 6.46. The molecule has 0 aliphatic carbocycles. The molecular formula is C19H21N5O4. The third-order valence-corrected chi connectivity index (χ3v) is 4.56. The van der Waals surface area contributed by atoms with Crippen LogP contribution in [0.2, 0.25) is 0 Å². The summed E-state index contributed by atoms with van der Waals surface area (Å²) in [6.45, 7) is 0.759. The molecule has 0 bridgehead atoms. The fourth-order valence-corrected chi connectivity index (χ4v) is 3.19. The van der Waals surface area contributed by atoms with Crippen LogP contribution in [0.4, 0.5) is 5.82 Å². The number of nitrogens with two attached hydrogens (primary N) is 1. The molecule has 0 spiro atoms. The highest BCUT2D eigenvalue weighted by Crippen LogP contribution is 2.32. The average molecular weight is 383 g/mol. The lowest BCUT2D eigenvalue weighted by molar-refractivity contribution is -0.0334. The molecule has 0 radical (unpaired) electrons. The average Bonchev–Trinajstić information content (AvgIpc) is 3.12. The van der Waals surface area contributed by atoms with E-state index in [1.807, 2.05) is 30.3 Å². The van der Waals surface area contributed by atoms with E-state index in [0.29, 0.717) is 23.8 Å². The number of rotatable bonds is 5. The number of hydrogen-bond donors (Lipinski definition) is 1. The summed E-state index contributed by atoms with van der Waals surface area (Å²) in [4.78, 5) is 25.3. The van der Waals surface area contributed by atoms with Crippen LogP contribution in [-0.4, -0.2) is 39.2 Å². The minimum Gasteiger partial charge on any atom is -0.468 e. The van der Waals surface area contributed by atoms with Crippen molar-refractivity contribution in [3.8, 4) is 6.01 Å². The number of methoxy groups -OCH3 is 1. The number of esters is 1. The molecule has 4 rings (SSSR count). The zero-order valence-corrected chi connectivity index (χ0v) is 15.5. The molecule has 3 heterocycles. The minimum atomic E-state index is -0.659. The fraction of sp³-hybridized carbons (Fsp3) is 0.368. The summed E-state index contributed by atoms with van der Waals surface area (Å²) < 4.78 is 18.3. The Hall–Kier alpha value is -3.20. The van der Waals surface area contributed by atoms with E-state index in [2.05, 4.69) is 15.0 Å². The summed E-state index contributed by atoms with van der Waals surface area (Å²) in [5.41, 5.74) is 7.66. The summed E-state index contributed by atoms with van der Waals surface area (Å²) >= 11 is 0. The first-order valence-corrected chi connectivity index (χ1v) is 9.09. The smallest absolute Gasteiger partial charge is 0.376 e. The van der Waals surface area contributed by atoms with E-state index in [-0.39, 0.29) is 24.5 Å². The molecule has 1 atom stereocenters. The van der Waals surface area contributed by atoms with Crippen molar-refractivity contribution >= 4 is 23.0 Å². The quantitative estimate of drug-likeness (QED) is 0.668. The summed E-state index contributed by atoms with van der Waals surface area (Å²) in [7, 11) is 1.51. The van der Waals surface area contributed by atoms with Crippen LogP contribution in [0.25, 0.3) is 11.2 Å². The van der Waals surface area contributed by atoms with Crippen LogP contribution in [0.5, 0.6) is 6.01 Å². The van der Waals surface area contributed by atoms with Crippen molar-refractivity contribution in [1.82, 2.24) is 19.5 Å². The number of fused-ring (bicyclic) bond motifs is 1. The molecule has 9 heteroatoms. The monoisotopic (exact) mass is 383 g/mol. The Balaban J connectivity index is 1.67. The van der Waals surface area contributed by atoms with E-state index in [4.69, 9.17) is 19.9 Å². The predicted octanol–water partition coefficient (Wildman–Crippen LogP) is 2.47. The van der Waals surface area contributed by atoms with Crippen molar-refractivity contribution < 1.29 is 19.0 Å². The molecule has 0 saturated carbocycles. The summed E-state index contributed by atoms with van der Waals surface area (Å²) in [6, 6.07) is 9.69. The maximum Gasteiger partial charge on any atom is 0.376 e. The van der Waals surface area contributed by atoms with E-state index in [0.717, 1.165) is 24.8 Å². The van der Waals surface area contributed by atoms with Crippen molar-refractivity contribution in [2.24, 2.45) is 0 Å². The van der Waals surface area contributed by atoms with E-state index >= 15 is 0 Å². The Labute approximate surface area is 161 Å². The van der Waals surface area contributed by atoms with Crippen molar-refractivity contribution in [2.75, 3.05) is 19.5 Å². The Morgan fingerprint density at radius 3 is 2.79 bits per heavy atom. The van der Waals surface area contributed by atoms with Gasteiger partial charge in [-0.3, -0.25) is 4.57 Å². The Bertz CT molecular complexity index is 983. The second kappa shape index (κ2) is 7.81. The van der Waals surface area contributed by atoms with Gasteiger partial charge in [-0.15, -0.1) is 0 Å². The van der Waals surface area contributed by atoms with Gasteiger partial charge in [-0.05, 0) is 24.8 Å². The van der Waals surface area contributed by atoms with Crippen LogP contribution in [0.1, 0.15) is 41.7 Å². The fourth-order valence-electron chi connectivity index (χ4n) is 3.19. The Morgan fingerprint density at radius 2 is 2.07 bits per heavy atom. The number of imidazole rings is 1. The molecule has 1 saturated heterocycles. The molecule has 146 valence electrons. The van der Waals surface area contributed by atoms with Gasteiger partial charge in [0, 0.05) is 6.61 Å². The van der Waals surface area contributed by atoms with E-state index < -0.39 is 5.97 Å². The third-order valence-electron chi connectivity index (χ3n) is 4.56. The molecule has 1 aromatic carbocycles. The lowest BCUT2D eigenvalue weighted by Crippen LogP contribution is -2.20. The Morgan fingerprint density at radius 1 is 1.25 bits per heavy atom. The van der Waals surface area contributed by atoms with Crippen LogP contribution in [-0.2, 0) is 16.1 Å². The molecule has 28 heavy (non-hydrogen) atoms. The molecule has 1 aliphatic heterocycles. The van der Waals surface area contributed by atoms with Crippen LogP contribution in [0.3, 0.4) is 0 Å². The summed E-state index contributed by atoms with van der Waals surface area (Å²) in [5, 5.41) is 0. The van der Waals surface area contributed by atoms with E-state index in [1.165, 1.54) is 7.11 Å². The van der Waals surface area contributed by atoms with Gasteiger partial charge in [-0.25, -0.2) is 14.8 Å². The lowest BCUT2D eigenvalue weighted by Gasteiger charge is -2.24. The lowest BCUT2D eigenvalue weighted by atomic mass is 10.2. The SMILES string of the molecule is COc1nc2c(N)nc(C(=O)OCc3ccccc3)nc2n1C1CCCCO1. The van der Waals surface area contributed by atoms with Crippen LogP contribution in [0, 0.1) is 0 Å². The molecule has 1 aliphatic rings. The van der Waals surface area contributed by atoms with Crippen molar-refractivity contribution in [1.29, 1.82) is 0 Å². The normalized spacial score (nSPS) is 16.8. The number of ether oxygens (including phenoxy) is 3. The van der Waals surface area contributed by atoms with Gasteiger partial charge in [0.1, 0.15) is 12.8 Å². The standard InChI is InChI=1S/C19H21N5O4/c1-26-19-21-14-15(20)22-16(18(25)28-11-12-7-3-2-4-8-12)23-17(14)24(19)13-9-5-6-10-27-13/h2-4,7-8,13H,5-6,9-11H2,1H3,(H2,20,22,23). The zero-order chi connectivity index (χ0) is 19.5. The maximum absolute atomic E-state index is 12.5. The number of aromatic nitrogens is 4. The molecule has 9 nitrogen and oxygen atoms in total. The van der Waals surface area contributed by atoms with Crippen molar-refractivity contribution in [3.63, 3.8) is 0 Å². The van der Waals surface area contributed by atoms with Gasteiger partial charge in [0.15, 0.2) is 17.0 Å². The summed E-state index contributed by atoms with van der Waals surface area (Å²) in [6.07, 6.45) is 2.52. The molecule has 2 N–H and O–H groups in total. The van der Waals surface area contributed by atoms with Crippen molar-refractivity contribution in [3.05, 3.63) is 41.7 Å². The van der Waals surface area contributed by atoms with Gasteiger partial charge in [-0.2, -0.15) is 4.98 Å². The first kappa shape index (κ1) is 18.2. The molecule has 1 unspecified atom stereocenters. The van der Waals surface area contributed by atoms with Gasteiger partial charge in [-0.1, -0.05) is 30.3 Å². The number of nitrogen functional groups attached to an aromatic ring is 1. The van der Waals surface area contributed by atoms with Gasteiger partial charge >= 0.3 is 12.0 Å². The molecular weight excluding hydrogens is 362 g/mol. The van der Waals surface area contributed by atoms with Gasteiger partial charge in [0.05, 0.1) is 7.11 Å². The number of hydrogen-bond acceptors (Lipinski definition) is 8. The third kappa shape index (κ3) is 3.48. The zero-order valence-electron chi connectivity index (χ0n) is 15.5. The first-order valence-electron chi connectivity index (χ1n) is 9.09. The number of nitrogens with zero attached hydrogens (tertiary/aromatic N) is 4. The molecule has 2 aromatic heterocycles.